The van der Waals surface area contributed by atoms with Gasteiger partial charge in [0.2, 0.25) is 0 Å². The van der Waals surface area contributed by atoms with E-state index < -0.39 is 11.7 Å². The van der Waals surface area contributed by atoms with Gasteiger partial charge in [-0.3, -0.25) is 4.99 Å². The first kappa shape index (κ1) is 14.1. The van der Waals surface area contributed by atoms with Gasteiger partial charge in [0.1, 0.15) is 0 Å². The van der Waals surface area contributed by atoms with Crippen LogP contribution in [0.15, 0.2) is 40.7 Å². The van der Waals surface area contributed by atoms with E-state index in [0.29, 0.717) is 5.70 Å². The van der Waals surface area contributed by atoms with Crippen molar-refractivity contribution in [2.24, 2.45) is 16.5 Å². The minimum Gasteiger partial charge on any atom is -0.401 e. The Morgan fingerprint density at radius 2 is 1.67 bits per heavy atom. The fourth-order valence-electron chi connectivity index (χ4n) is 1.34. The summed E-state index contributed by atoms with van der Waals surface area (Å²) in [5.41, 5.74) is 10.9. The number of hydrogen-bond donors (Lipinski definition) is 2. The van der Waals surface area contributed by atoms with Crippen molar-refractivity contribution < 1.29 is 13.2 Å². The van der Waals surface area contributed by atoms with E-state index in [4.69, 9.17) is 11.5 Å². The van der Waals surface area contributed by atoms with Crippen LogP contribution >= 0.6 is 0 Å². The SMILES string of the molecule is CC(=Nc1ccccc1C(F)(F)F)C(N)=C(C)N. The third kappa shape index (κ3) is 3.26. The van der Waals surface area contributed by atoms with Gasteiger partial charge in [0, 0.05) is 5.70 Å². The van der Waals surface area contributed by atoms with Crippen LogP contribution in [0.2, 0.25) is 0 Å². The molecule has 0 spiro atoms. The van der Waals surface area contributed by atoms with Crippen LogP contribution < -0.4 is 11.5 Å². The van der Waals surface area contributed by atoms with E-state index in [2.05, 4.69) is 4.99 Å². The molecule has 0 fully saturated rings. The lowest BCUT2D eigenvalue weighted by atomic mass is 10.1. The summed E-state index contributed by atoms with van der Waals surface area (Å²) in [6.07, 6.45) is -4.45. The average Bonchev–Trinajstić information content (AvgIpc) is 2.27. The maximum absolute atomic E-state index is 12.7. The Hall–Kier alpha value is -1.98. The second-order valence-electron chi connectivity index (χ2n) is 3.81. The van der Waals surface area contributed by atoms with Crippen LogP contribution in [0.3, 0.4) is 0 Å². The standard InChI is InChI=1S/C12H14F3N3/c1-7(16)11(17)8(2)18-10-6-4-3-5-9(10)12(13,14)15/h3-6H,16-17H2,1-2H3. The van der Waals surface area contributed by atoms with Crippen molar-refractivity contribution in [3.8, 4) is 0 Å². The Labute approximate surface area is 103 Å². The Morgan fingerprint density at radius 1 is 1.11 bits per heavy atom. The van der Waals surface area contributed by atoms with Crippen molar-refractivity contribution in [1.82, 2.24) is 0 Å². The molecule has 0 aromatic heterocycles. The third-order valence-corrected chi connectivity index (χ3v) is 2.31. The van der Waals surface area contributed by atoms with Gasteiger partial charge in [0.05, 0.1) is 22.7 Å². The van der Waals surface area contributed by atoms with Crippen molar-refractivity contribution in [2.45, 2.75) is 20.0 Å². The van der Waals surface area contributed by atoms with Gasteiger partial charge in [-0.25, -0.2) is 0 Å². The molecule has 3 nitrogen and oxygen atoms in total. The Balaban J connectivity index is 3.29. The van der Waals surface area contributed by atoms with E-state index in [1.807, 2.05) is 0 Å². The molecule has 1 aromatic carbocycles. The number of halogens is 3. The first-order chi connectivity index (χ1) is 8.23. The summed E-state index contributed by atoms with van der Waals surface area (Å²) in [5, 5.41) is 0. The molecule has 1 aromatic rings. The van der Waals surface area contributed by atoms with Crippen molar-refractivity contribution >= 4 is 11.4 Å². The Morgan fingerprint density at radius 3 is 2.17 bits per heavy atom. The number of nitrogens with zero attached hydrogens (tertiary/aromatic N) is 1. The molecule has 0 heterocycles. The van der Waals surface area contributed by atoms with Gasteiger partial charge in [0.25, 0.3) is 0 Å². The van der Waals surface area contributed by atoms with Crippen molar-refractivity contribution in [1.29, 1.82) is 0 Å². The molecular weight excluding hydrogens is 243 g/mol. The van der Waals surface area contributed by atoms with Gasteiger partial charge >= 0.3 is 6.18 Å². The lowest BCUT2D eigenvalue weighted by Crippen LogP contribution is -2.14. The molecule has 0 aliphatic carbocycles. The fraction of sp³-hybridized carbons (Fsp3) is 0.250. The first-order valence-corrected chi connectivity index (χ1v) is 5.17. The minimum absolute atomic E-state index is 0.174. The number of hydrogen-bond acceptors (Lipinski definition) is 3. The van der Waals surface area contributed by atoms with Crippen LogP contribution in [0.25, 0.3) is 0 Å². The third-order valence-electron chi connectivity index (χ3n) is 2.31. The summed E-state index contributed by atoms with van der Waals surface area (Å²) in [5.74, 6) is 0. The van der Waals surface area contributed by atoms with Crippen molar-refractivity contribution in [3.63, 3.8) is 0 Å². The molecule has 0 saturated heterocycles. The molecule has 0 amide bonds. The molecule has 0 saturated carbocycles. The number of rotatable bonds is 2. The van der Waals surface area contributed by atoms with E-state index >= 15 is 0 Å². The van der Waals surface area contributed by atoms with Crippen molar-refractivity contribution in [3.05, 3.63) is 41.2 Å². The summed E-state index contributed by atoms with van der Waals surface area (Å²) in [6.45, 7) is 3.07. The predicted molar refractivity (Wildman–Crippen MR) is 65.3 cm³/mol. The molecule has 98 valence electrons. The predicted octanol–water partition coefficient (Wildman–Crippen LogP) is 2.95. The zero-order valence-corrected chi connectivity index (χ0v) is 10.0. The first-order valence-electron chi connectivity index (χ1n) is 5.17. The molecule has 18 heavy (non-hydrogen) atoms. The van der Waals surface area contributed by atoms with E-state index in [-0.39, 0.29) is 17.1 Å². The lowest BCUT2D eigenvalue weighted by Gasteiger charge is -2.10. The summed E-state index contributed by atoms with van der Waals surface area (Å²) in [7, 11) is 0. The van der Waals surface area contributed by atoms with Gasteiger partial charge < -0.3 is 11.5 Å². The zero-order valence-electron chi connectivity index (χ0n) is 10.0. The highest BCUT2D eigenvalue weighted by molar-refractivity contribution is 5.99. The van der Waals surface area contributed by atoms with E-state index in [9.17, 15) is 13.2 Å². The summed E-state index contributed by atoms with van der Waals surface area (Å²) < 4.78 is 38.2. The number of alkyl halides is 3. The highest BCUT2D eigenvalue weighted by Gasteiger charge is 2.33. The van der Waals surface area contributed by atoms with Crippen LogP contribution in [0.1, 0.15) is 19.4 Å². The van der Waals surface area contributed by atoms with Crippen LogP contribution in [0.4, 0.5) is 18.9 Å². The largest absolute Gasteiger partial charge is 0.418 e. The number of allylic oxidation sites excluding steroid dienone is 2. The average molecular weight is 257 g/mol. The summed E-state index contributed by atoms with van der Waals surface area (Å²) >= 11 is 0. The van der Waals surface area contributed by atoms with Crippen molar-refractivity contribution in [2.75, 3.05) is 0 Å². The van der Waals surface area contributed by atoms with E-state index in [1.165, 1.54) is 25.1 Å². The molecule has 6 heteroatoms. The highest BCUT2D eigenvalue weighted by Crippen LogP contribution is 2.36. The van der Waals surface area contributed by atoms with Crippen LogP contribution in [-0.2, 0) is 6.18 Å². The maximum atomic E-state index is 12.7. The Bertz CT molecular complexity index is 498. The van der Waals surface area contributed by atoms with Gasteiger partial charge in [-0.1, -0.05) is 12.1 Å². The summed E-state index contributed by atoms with van der Waals surface area (Å²) in [4.78, 5) is 3.88. The molecule has 1 rings (SSSR count). The molecule has 0 unspecified atom stereocenters. The molecule has 0 aliphatic heterocycles. The maximum Gasteiger partial charge on any atom is 0.418 e. The monoisotopic (exact) mass is 257 g/mol. The lowest BCUT2D eigenvalue weighted by molar-refractivity contribution is -0.137. The zero-order chi connectivity index (χ0) is 13.9. The second kappa shape index (κ2) is 5.12. The van der Waals surface area contributed by atoms with Gasteiger partial charge in [-0.15, -0.1) is 0 Å². The van der Waals surface area contributed by atoms with E-state index in [0.717, 1.165) is 6.07 Å². The van der Waals surface area contributed by atoms with Crippen LogP contribution in [-0.4, -0.2) is 5.71 Å². The van der Waals surface area contributed by atoms with Gasteiger partial charge in [-0.2, -0.15) is 13.2 Å². The number of nitrogens with two attached hydrogens (primary N) is 2. The number of para-hydroxylation sites is 1. The van der Waals surface area contributed by atoms with Crippen LogP contribution in [0, 0.1) is 0 Å². The molecule has 0 bridgehead atoms. The second-order valence-corrected chi connectivity index (χ2v) is 3.81. The molecule has 4 N–H and O–H groups in total. The smallest absolute Gasteiger partial charge is 0.401 e. The van der Waals surface area contributed by atoms with Gasteiger partial charge in [0.15, 0.2) is 0 Å². The molecular formula is C12H14F3N3. The van der Waals surface area contributed by atoms with Crippen LogP contribution in [0.5, 0.6) is 0 Å². The molecule has 0 aliphatic rings. The number of aliphatic imine (C=N–C) groups is 1. The minimum atomic E-state index is -4.45. The topological polar surface area (TPSA) is 64.4 Å². The molecule has 0 atom stereocenters. The molecule has 0 radical (unpaired) electrons. The fourth-order valence-corrected chi connectivity index (χ4v) is 1.34. The van der Waals surface area contributed by atoms with E-state index in [1.54, 1.807) is 6.92 Å². The quantitative estimate of drug-likeness (QED) is 0.800. The highest BCUT2D eigenvalue weighted by atomic mass is 19.4. The van der Waals surface area contributed by atoms with Gasteiger partial charge in [-0.05, 0) is 26.0 Å². The summed E-state index contributed by atoms with van der Waals surface area (Å²) in [6, 6.07) is 5.05. The number of benzene rings is 1. The Kier molecular flexibility index (Phi) is 4.00. The normalized spacial score (nSPS) is 14.4.